The van der Waals surface area contributed by atoms with Crippen LogP contribution < -0.4 is 15.6 Å². The first-order valence-electron chi connectivity index (χ1n) is 13.2. The molecule has 0 radical (unpaired) electrons. The van der Waals surface area contributed by atoms with Gasteiger partial charge in [-0.25, -0.2) is 8.42 Å². The number of carbonyl (C=O) groups excluding carboxylic acids is 1. The molecule has 0 spiro atoms. The van der Waals surface area contributed by atoms with Gasteiger partial charge in [0.2, 0.25) is 0 Å². The van der Waals surface area contributed by atoms with Crippen molar-refractivity contribution in [3.63, 3.8) is 0 Å². The molecule has 0 aliphatic carbocycles. The number of sulfone groups is 1. The standard InChI is InChI=1S/C30H37ClN2O5S/c1-6-8-9-14-32-20(3)24-17-29(34)33(4)18-26(24)25-15-21(19-39(36,37)7-2)10-12-23(25)30(35)22-11-13-27(31)28(16-22)38-5/h10-13,15-18,20,32H,6-9,14,19H2,1-5H3/t20-/m0/s1. The maximum atomic E-state index is 13.8. The second kappa shape index (κ2) is 13.4. The van der Waals surface area contributed by atoms with Gasteiger partial charge in [0, 0.05) is 47.8 Å². The number of halogens is 1. The minimum atomic E-state index is -3.31. The van der Waals surface area contributed by atoms with E-state index in [9.17, 15) is 18.0 Å². The number of ether oxygens (including phenoxy) is 1. The summed E-state index contributed by atoms with van der Waals surface area (Å²) >= 11 is 6.19. The molecule has 2 aromatic carbocycles. The average molecular weight is 573 g/mol. The lowest BCUT2D eigenvalue weighted by Crippen LogP contribution is -2.24. The number of aryl methyl sites for hydroxylation is 1. The van der Waals surface area contributed by atoms with E-state index in [0.717, 1.165) is 31.4 Å². The van der Waals surface area contributed by atoms with Gasteiger partial charge in [-0.15, -0.1) is 0 Å². The molecule has 3 rings (SSSR count). The Balaban J connectivity index is 2.22. The highest BCUT2D eigenvalue weighted by Gasteiger charge is 2.22. The van der Waals surface area contributed by atoms with Crippen LogP contribution in [0.5, 0.6) is 5.75 Å². The predicted molar refractivity (Wildman–Crippen MR) is 158 cm³/mol. The third-order valence-electron chi connectivity index (χ3n) is 6.82. The average Bonchev–Trinajstić information content (AvgIpc) is 2.92. The Bertz CT molecular complexity index is 1500. The Kier molecular flexibility index (Phi) is 10.5. The highest BCUT2D eigenvalue weighted by atomic mass is 35.5. The summed E-state index contributed by atoms with van der Waals surface area (Å²) < 4.78 is 31.7. The summed E-state index contributed by atoms with van der Waals surface area (Å²) in [7, 11) is -0.173. The van der Waals surface area contributed by atoms with Gasteiger partial charge in [0.1, 0.15) is 5.75 Å². The molecule has 1 aromatic heterocycles. The summed E-state index contributed by atoms with van der Waals surface area (Å²) in [6, 6.07) is 11.3. The first-order chi connectivity index (χ1) is 18.5. The molecule has 1 heterocycles. The highest BCUT2D eigenvalue weighted by molar-refractivity contribution is 7.90. The summed E-state index contributed by atoms with van der Waals surface area (Å²) in [6.07, 6.45) is 4.92. The second-order valence-corrected chi connectivity index (χ2v) is 12.5. The predicted octanol–water partition coefficient (Wildman–Crippen LogP) is 5.72. The fourth-order valence-electron chi connectivity index (χ4n) is 4.45. The van der Waals surface area contributed by atoms with Gasteiger partial charge in [0.15, 0.2) is 15.6 Å². The van der Waals surface area contributed by atoms with Crippen LogP contribution in [0.2, 0.25) is 5.02 Å². The smallest absolute Gasteiger partial charge is 0.250 e. The maximum absolute atomic E-state index is 13.8. The van der Waals surface area contributed by atoms with Crippen LogP contribution in [-0.4, -0.2) is 38.2 Å². The number of ketones is 1. The molecule has 1 atom stereocenters. The molecule has 0 saturated carbocycles. The number of methoxy groups -OCH3 is 1. The molecule has 0 bridgehead atoms. The van der Waals surface area contributed by atoms with E-state index in [4.69, 9.17) is 16.3 Å². The van der Waals surface area contributed by atoms with Crippen molar-refractivity contribution in [2.24, 2.45) is 7.05 Å². The zero-order valence-electron chi connectivity index (χ0n) is 23.2. The molecule has 0 unspecified atom stereocenters. The Labute approximate surface area is 236 Å². The first kappa shape index (κ1) is 30.6. The van der Waals surface area contributed by atoms with E-state index >= 15 is 0 Å². The zero-order valence-corrected chi connectivity index (χ0v) is 24.8. The number of hydrogen-bond donors (Lipinski definition) is 1. The van der Waals surface area contributed by atoms with Gasteiger partial charge in [0.05, 0.1) is 17.9 Å². The monoisotopic (exact) mass is 572 g/mol. The SMILES string of the molecule is CCCCCN[C@@H](C)c1cc(=O)n(C)cc1-c1cc(CS(=O)(=O)CC)ccc1C(=O)c1ccc(Cl)c(OC)c1. The van der Waals surface area contributed by atoms with Crippen LogP contribution in [0.25, 0.3) is 11.1 Å². The van der Waals surface area contributed by atoms with Gasteiger partial charge < -0.3 is 14.6 Å². The van der Waals surface area contributed by atoms with Gasteiger partial charge in [-0.2, -0.15) is 0 Å². The van der Waals surface area contributed by atoms with Crippen molar-refractivity contribution >= 4 is 27.2 Å². The summed E-state index contributed by atoms with van der Waals surface area (Å²) in [5.74, 6) is -0.0288. The quantitative estimate of drug-likeness (QED) is 0.208. The van der Waals surface area contributed by atoms with Crippen LogP contribution in [0.3, 0.4) is 0 Å². The second-order valence-electron chi connectivity index (χ2n) is 9.71. The molecule has 7 nitrogen and oxygen atoms in total. The number of unbranched alkanes of at least 4 members (excludes halogenated alkanes) is 2. The molecule has 0 amide bonds. The van der Waals surface area contributed by atoms with Gasteiger partial charge in [-0.1, -0.05) is 50.4 Å². The Morgan fingerprint density at radius 1 is 1.08 bits per heavy atom. The van der Waals surface area contributed by atoms with Crippen LogP contribution >= 0.6 is 11.6 Å². The number of nitrogens with one attached hydrogen (secondary N) is 1. The number of nitrogens with zero attached hydrogens (tertiary/aromatic N) is 1. The topological polar surface area (TPSA) is 94.5 Å². The van der Waals surface area contributed by atoms with E-state index in [1.807, 2.05) is 6.92 Å². The molecule has 39 heavy (non-hydrogen) atoms. The van der Waals surface area contributed by atoms with E-state index in [0.29, 0.717) is 38.6 Å². The minimum Gasteiger partial charge on any atom is -0.495 e. The van der Waals surface area contributed by atoms with Gasteiger partial charge in [0.25, 0.3) is 5.56 Å². The maximum Gasteiger partial charge on any atom is 0.250 e. The summed E-state index contributed by atoms with van der Waals surface area (Å²) in [6.45, 7) is 6.53. The van der Waals surface area contributed by atoms with E-state index in [1.165, 1.54) is 11.7 Å². The van der Waals surface area contributed by atoms with Crippen molar-refractivity contribution in [2.45, 2.75) is 51.8 Å². The van der Waals surface area contributed by atoms with Crippen LogP contribution in [0.1, 0.15) is 73.1 Å². The van der Waals surface area contributed by atoms with E-state index in [1.54, 1.807) is 62.6 Å². The van der Waals surface area contributed by atoms with Crippen LogP contribution in [0.4, 0.5) is 0 Å². The van der Waals surface area contributed by atoms with Gasteiger partial charge in [-0.3, -0.25) is 9.59 Å². The number of pyridine rings is 1. The molecular weight excluding hydrogens is 536 g/mol. The number of benzene rings is 2. The fourth-order valence-corrected chi connectivity index (χ4v) is 5.53. The Morgan fingerprint density at radius 3 is 2.49 bits per heavy atom. The van der Waals surface area contributed by atoms with E-state index < -0.39 is 9.84 Å². The molecule has 1 N–H and O–H groups in total. The van der Waals surface area contributed by atoms with Crippen molar-refractivity contribution < 1.29 is 17.9 Å². The number of rotatable bonds is 13. The number of aromatic nitrogens is 1. The zero-order chi connectivity index (χ0) is 28.7. The lowest BCUT2D eigenvalue weighted by atomic mass is 9.89. The van der Waals surface area contributed by atoms with E-state index in [2.05, 4.69) is 12.2 Å². The molecule has 210 valence electrons. The Morgan fingerprint density at radius 2 is 1.82 bits per heavy atom. The summed E-state index contributed by atoms with van der Waals surface area (Å²) in [4.78, 5) is 26.6. The largest absolute Gasteiger partial charge is 0.495 e. The third-order valence-corrected chi connectivity index (χ3v) is 8.78. The Hall–Kier alpha value is -2.94. The lowest BCUT2D eigenvalue weighted by molar-refractivity contribution is 0.103. The third kappa shape index (κ3) is 7.59. The molecule has 0 fully saturated rings. The minimum absolute atomic E-state index is 0.0113. The van der Waals surface area contributed by atoms with Crippen molar-refractivity contribution in [3.05, 3.63) is 86.3 Å². The first-order valence-corrected chi connectivity index (χ1v) is 15.4. The molecule has 0 aliphatic rings. The van der Waals surface area contributed by atoms with E-state index in [-0.39, 0.29) is 28.9 Å². The highest BCUT2D eigenvalue weighted by Crippen LogP contribution is 2.34. The molecule has 0 aliphatic heterocycles. The van der Waals surface area contributed by atoms with Crippen molar-refractivity contribution in [3.8, 4) is 16.9 Å². The van der Waals surface area contributed by atoms with Crippen molar-refractivity contribution in [1.82, 2.24) is 9.88 Å². The lowest BCUT2D eigenvalue weighted by Gasteiger charge is -2.21. The molecule has 3 aromatic rings. The van der Waals surface area contributed by atoms with Gasteiger partial charge in [-0.05, 0) is 60.8 Å². The van der Waals surface area contributed by atoms with Crippen LogP contribution in [0.15, 0.2) is 53.5 Å². The molecule has 9 heteroatoms. The summed E-state index contributed by atoms with van der Waals surface area (Å²) in [5, 5.41) is 3.88. The van der Waals surface area contributed by atoms with Crippen LogP contribution in [0, 0.1) is 0 Å². The normalized spacial score (nSPS) is 12.4. The van der Waals surface area contributed by atoms with Crippen molar-refractivity contribution in [1.29, 1.82) is 0 Å². The van der Waals surface area contributed by atoms with Crippen LogP contribution in [-0.2, 0) is 22.6 Å². The number of carbonyl (C=O) groups is 1. The van der Waals surface area contributed by atoms with Gasteiger partial charge >= 0.3 is 0 Å². The summed E-state index contributed by atoms with van der Waals surface area (Å²) in [5.41, 5.74) is 3.15. The molecule has 0 saturated heterocycles. The fraction of sp³-hybridized carbons (Fsp3) is 0.400. The molecular formula is C30H37ClN2O5S. The van der Waals surface area contributed by atoms with Crippen molar-refractivity contribution in [2.75, 3.05) is 19.4 Å². The number of hydrogen-bond acceptors (Lipinski definition) is 6.